The third-order valence-corrected chi connectivity index (χ3v) is 3.13. The van der Waals surface area contributed by atoms with E-state index in [9.17, 15) is 4.79 Å². The van der Waals surface area contributed by atoms with Crippen LogP contribution in [0, 0.1) is 0 Å². The first kappa shape index (κ1) is 12.1. The molecule has 1 aromatic rings. The van der Waals surface area contributed by atoms with E-state index >= 15 is 0 Å². The standard InChI is InChI=1S/C13H18N2O2/c1-17-12-4-2-11(3-5-12)13(10-16)15-8-6-14-7-9-15/h2-5,10,13-14H,6-9H2,1H3. The van der Waals surface area contributed by atoms with Crippen molar-refractivity contribution in [1.29, 1.82) is 0 Å². The highest BCUT2D eigenvalue weighted by atomic mass is 16.5. The second-order valence-electron chi connectivity index (χ2n) is 4.14. The van der Waals surface area contributed by atoms with E-state index in [0.717, 1.165) is 43.8 Å². The Balaban J connectivity index is 2.12. The molecule has 0 saturated carbocycles. The van der Waals surface area contributed by atoms with Crippen LogP contribution in [-0.2, 0) is 4.79 Å². The molecule has 0 radical (unpaired) electrons. The van der Waals surface area contributed by atoms with Crippen molar-refractivity contribution in [3.05, 3.63) is 29.8 Å². The summed E-state index contributed by atoms with van der Waals surface area (Å²) in [7, 11) is 1.64. The highest BCUT2D eigenvalue weighted by Gasteiger charge is 2.21. The number of aldehydes is 1. The van der Waals surface area contributed by atoms with E-state index in [4.69, 9.17) is 4.74 Å². The van der Waals surface area contributed by atoms with E-state index in [1.165, 1.54) is 0 Å². The number of carbonyl (C=O) groups excluding carboxylic acids is 1. The molecule has 2 rings (SSSR count). The number of ether oxygens (including phenoxy) is 1. The van der Waals surface area contributed by atoms with Gasteiger partial charge in [-0.2, -0.15) is 0 Å². The number of benzene rings is 1. The van der Waals surface area contributed by atoms with Crippen LogP contribution in [0.15, 0.2) is 24.3 Å². The summed E-state index contributed by atoms with van der Waals surface area (Å²) < 4.78 is 5.12. The van der Waals surface area contributed by atoms with Crippen LogP contribution in [0.2, 0.25) is 0 Å². The molecule has 0 amide bonds. The zero-order chi connectivity index (χ0) is 12.1. The van der Waals surface area contributed by atoms with E-state index in [0.29, 0.717) is 0 Å². The van der Waals surface area contributed by atoms with Gasteiger partial charge >= 0.3 is 0 Å². The predicted molar refractivity (Wildman–Crippen MR) is 66.2 cm³/mol. The summed E-state index contributed by atoms with van der Waals surface area (Å²) in [4.78, 5) is 13.5. The minimum Gasteiger partial charge on any atom is -0.497 e. The Labute approximate surface area is 102 Å². The highest BCUT2D eigenvalue weighted by Crippen LogP contribution is 2.21. The molecule has 4 heteroatoms. The lowest BCUT2D eigenvalue weighted by Crippen LogP contribution is -2.45. The van der Waals surface area contributed by atoms with Gasteiger partial charge in [-0.25, -0.2) is 0 Å². The molecule has 1 heterocycles. The Morgan fingerprint density at radius 3 is 2.47 bits per heavy atom. The minimum atomic E-state index is -0.136. The average molecular weight is 234 g/mol. The molecule has 1 aliphatic heterocycles. The Morgan fingerprint density at radius 2 is 1.94 bits per heavy atom. The fourth-order valence-electron chi connectivity index (χ4n) is 2.14. The van der Waals surface area contributed by atoms with Gasteiger partial charge in [-0.1, -0.05) is 12.1 Å². The maximum atomic E-state index is 11.3. The summed E-state index contributed by atoms with van der Waals surface area (Å²) in [5.74, 6) is 0.818. The van der Waals surface area contributed by atoms with Gasteiger partial charge < -0.3 is 14.8 Å². The van der Waals surface area contributed by atoms with Crippen LogP contribution in [0.4, 0.5) is 0 Å². The van der Waals surface area contributed by atoms with Gasteiger partial charge in [-0.05, 0) is 17.7 Å². The van der Waals surface area contributed by atoms with Crippen molar-refractivity contribution < 1.29 is 9.53 Å². The maximum Gasteiger partial charge on any atom is 0.141 e. The number of rotatable bonds is 4. The van der Waals surface area contributed by atoms with Crippen LogP contribution in [0.25, 0.3) is 0 Å². The number of methoxy groups -OCH3 is 1. The SMILES string of the molecule is COc1ccc(C(C=O)N2CCNCC2)cc1. The summed E-state index contributed by atoms with van der Waals surface area (Å²) in [5.41, 5.74) is 1.03. The minimum absolute atomic E-state index is 0.136. The number of hydrogen-bond acceptors (Lipinski definition) is 4. The summed E-state index contributed by atoms with van der Waals surface area (Å²) in [6, 6.07) is 7.57. The Kier molecular flexibility index (Phi) is 4.12. The van der Waals surface area contributed by atoms with E-state index < -0.39 is 0 Å². The van der Waals surface area contributed by atoms with Crippen molar-refractivity contribution in [2.75, 3.05) is 33.3 Å². The Hall–Kier alpha value is -1.39. The van der Waals surface area contributed by atoms with Gasteiger partial charge in [-0.3, -0.25) is 4.90 Å². The van der Waals surface area contributed by atoms with Crippen molar-refractivity contribution in [3.8, 4) is 5.75 Å². The number of hydrogen-bond donors (Lipinski definition) is 1. The first-order chi connectivity index (χ1) is 8.35. The van der Waals surface area contributed by atoms with Gasteiger partial charge in [0.15, 0.2) is 0 Å². The van der Waals surface area contributed by atoms with Crippen molar-refractivity contribution in [2.24, 2.45) is 0 Å². The van der Waals surface area contributed by atoms with E-state index in [2.05, 4.69) is 10.2 Å². The van der Waals surface area contributed by atoms with E-state index in [1.54, 1.807) is 7.11 Å². The topological polar surface area (TPSA) is 41.6 Å². The van der Waals surface area contributed by atoms with Crippen LogP contribution >= 0.6 is 0 Å². The fraction of sp³-hybridized carbons (Fsp3) is 0.462. The first-order valence-corrected chi connectivity index (χ1v) is 5.89. The number of nitrogens with one attached hydrogen (secondary N) is 1. The fourth-order valence-corrected chi connectivity index (χ4v) is 2.14. The summed E-state index contributed by atoms with van der Waals surface area (Å²) in [6.45, 7) is 3.71. The van der Waals surface area contributed by atoms with Crippen LogP contribution in [0.5, 0.6) is 5.75 Å². The summed E-state index contributed by atoms with van der Waals surface area (Å²) in [6.07, 6.45) is 1.02. The van der Waals surface area contributed by atoms with Crippen LogP contribution in [0.3, 0.4) is 0 Å². The van der Waals surface area contributed by atoms with Gasteiger partial charge in [0.2, 0.25) is 0 Å². The molecule has 1 atom stereocenters. The number of nitrogens with zero attached hydrogens (tertiary/aromatic N) is 1. The second kappa shape index (κ2) is 5.80. The average Bonchev–Trinajstić information content (AvgIpc) is 2.42. The quantitative estimate of drug-likeness (QED) is 0.784. The lowest BCUT2D eigenvalue weighted by atomic mass is 10.1. The monoisotopic (exact) mass is 234 g/mol. The molecule has 4 nitrogen and oxygen atoms in total. The van der Waals surface area contributed by atoms with Gasteiger partial charge in [0.05, 0.1) is 13.2 Å². The van der Waals surface area contributed by atoms with Gasteiger partial charge in [0.25, 0.3) is 0 Å². The molecule has 1 aromatic carbocycles. The summed E-state index contributed by atoms with van der Waals surface area (Å²) >= 11 is 0. The van der Waals surface area contributed by atoms with Crippen molar-refractivity contribution in [1.82, 2.24) is 10.2 Å². The van der Waals surface area contributed by atoms with Crippen molar-refractivity contribution >= 4 is 6.29 Å². The molecule has 0 bridgehead atoms. The first-order valence-electron chi connectivity index (χ1n) is 5.89. The normalized spacial score (nSPS) is 18.6. The highest BCUT2D eigenvalue weighted by molar-refractivity contribution is 5.61. The van der Waals surface area contributed by atoms with Crippen LogP contribution < -0.4 is 10.1 Å². The van der Waals surface area contributed by atoms with Crippen molar-refractivity contribution in [2.45, 2.75) is 6.04 Å². The molecular weight excluding hydrogens is 216 g/mol. The molecule has 1 aliphatic rings. The zero-order valence-corrected chi connectivity index (χ0v) is 10.1. The number of piperazine rings is 1. The lowest BCUT2D eigenvalue weighted by Gasteiger charge is -2.32. The van der Waals surface area contributed by atoms with Crippen molar-refractivity contribution in [3.63, 3.8) is 0 Å². The molecule has 92 valence electrons. The van der Waals surface area contributed by atoms with Gasteiger partial charge in [0.1, 0.15) is 12.0 Å². The molecule has 1 saturated heterocycles. The number of carbonyl (C=O) groups is 1. The molecule has 1 unspecified atom stereocenters. The molecule has 0 spiro atoms. The van der Waals surface area contributed by atoms with Gasteiger partial charge in [-0.15, -0.1) is 0 Å². The Bertz CT molecular complexity index is 358. The molecule has 17 heavy (non-hydrogen) atoms. The zero-order valence-electron chi connectivity index (χ0n) is 10.1. The molecule has 0 aliphatic carbocycles. The largest absolute Gasteiger partial charge is 0.497 e. The molecule has 1 fully saturated rings. The molecule has 1 N–H and O–H groups in total. The van der Waals surface area contributed by atoms with Gasteiger partial charge in [0, 0.05) is 26.2 Å². The Morgan fingerprint density at radius 1 is 1.29 bits per heavy atom. The van der Waals surface area contributed by atoms with E-state index in [-0.39, 0.29) is 6.04 Å². The van der Waals surface area contributed by atoms with Crippen LogP contribution in [0.1, 0.15) is 11.6 Å². The van der Waals surface area contributed by atoms with Crippen LogP contribution in [-0.4, -0.2) is 44.5 Å². The maximum absolute atomic E-state index is 11.3. The predicted octanol–water partition coefficient (Wildman–Crippen LogP) is 0.840. The van der Waals surface area contributed by atoms with E-state index in [1.807, 2.05) is 24.3 Å². The third kappa shape index (κ3) is 2.84. The second-order valence-corrected chi connectivity index (χ2v) is 4.14. The smallest absolute Gasteiger partial charge is 0.141 e. The molecule has 0 aromatic heterocycles. The third-order valence-electron chi connectivity index (χ3n) is 3.13. The molecular formula is C13H18N2O2. The lowest BCUT2D eigenvalue weighted by molar-refractivity contribution is -0.112. The summed E-state index contributed by atoms with van der Waals surface area (Å²) in [5, 5.41) is 3.29.